The molecular formula is C21H19NO5S3. The summed E-state index contributed by atoms with van der Waals surface area (Å²) in [4.78, 5) is 26.8. The molecule has 1 aliphatic rings. The number of thiocarbonyl (C=S) groups is 1. The highest BCUT2D eigenvalue weighted by molar-refractivity contribution is 8.27. The van der Waals surface area contributed by atoms with Gasteiger partial charge in [-0.15, -0.1) is 11.8 Å². The molecular weight excluding hydrogens is 442 g/mol. The van der Waals surface area contributed by atoms with Crippen molar-refractivity contribution in [3.05, 3.63) is 52.9 Å². The molecule has 3 rings (SSSR count). The molecule has 1 N–H and O–H groups in total. The highest BCUT2D eigenvalue weighted by Crippen LogP contribution is 2.38. The van der Waals surface area contributed by atoms with Crippen LogP contribution in [0.5, 0.6) is 11.5 Å². The molecule has 156 valence electrons. The Hall–Kier alpha value is -2.49. The molecule has 0 aromatic heterocycles. The second-order valence-electron chi connectivity index (χ2n) is 6.04. The fraction of sp³-hybridized carbons (Fsp3) is 0.190. The Morgan fingerprint density at radius 3 is 2.73 bits per heavy atom. The van der Waals surface area contributed by atoms with Gasteiger partial charge in [0.25, 0.3) is 5.91 Å². The minimum atomic E-state index is -1.07. The van der Waals surface area contributed by atoms with E-state index in [0.717, 1.165) is 16.1 Å². The van der Waals surface area contributed by atoms with Crippen LogP contribution in [-0.2, 0) is 9.59 Å². The number of carboxylic acid groups (broad SMARTS) is 1. The third-order valence-corrected chi connectivity index (χ3v) is 6.05. The van der Waals surface area contributed by atoms with Crippen molar-refractivity contribution in [2.45, 2.75) is 11.8 Å². The number of ether oxygens (including phenoxy) is 2. The Labute approximate surface area is 188 Å². The van der Waals surface area contributed by atoms with Crippen LogP contribution in [0.2, 0.25) is 0 Å². The van der Waals surface area contributed by atoms with E-state index >= 15 is 0 Å². The number of carbonyl (C=O) groups is 2. The highest BCUT2D eigenvalue weighted by atomic mass is 32.2. The number of rotatable bonds is 8. The molecule has 0 bridgehead atoms. The molecule has 0 unspecified atom stereocenters. The van der Waals surface area contributed by atoms with Gasteiger partial charge < -0.3 is 14.6 Å². The Bertz CT molecular complexity index is 1020. The summed E-state index contributed by atoms with van der Waals surface area (Å²) in [7, 11) is 0. The van der Waals surface area contributed by atoms with Crippen molar-refractivity contribution < 1.29 is 24.2 Å². The van der Waals surface area contributed by atoms with E-state index < -0.39 is 12.6 Å². The van der Waals surface area contributed by atoms with Crippen molar-refractivity contribution in [1.29, 1.82) is 0 Å². The monoisotopic (exact) mass is 461 g/mol. The lowest BCUT2D eigenvalue weighted by atomic mass is 10.1. The molecule has 1 heterocycles. The number of hydrogen-bond acceptors (Lipinski definition) is 7. The second-order valence-corrected chi connectivity index (χ2v) is 8.60. The fourth-order valence-electron chi connectivity index (χ4n) is 2.73. The quantitative estimate of drug-likeness (QED) is 0.345. The first kappa shape index (κ1) is 22.2. The van der Waals surface area contributed by atoms with E-state index in [0.29, 0.717) is 27.3 Å². The number of benzene rings is 2. The smallest absolute Gasteiger partial charge is 0.341 e. The van der Waals surface area contributed by atoms with E-state index in [1.54, 1.807) is 36.0 Å². The Kier molecular flexibility index (Phi) is 7.41. The van der Waals surface area contributed by atoms with Crippen LogP contribution in [0.3, 0.4) is 0 Å². The van der Waals surface area contributed by atoms with Crippen molar-refractivity contribution in [2.75, 3.05) is 24.4 Å². The van der Waals surface area contributed by atoms with E-state index in [1.807, 2.05) is 37.4 Å². The molecule has 1 fully saturated rings. The zero-order valence-corrected chi connectivity index (χ0v) is 18.7. The first-order valence-electron chi connectivity index (χ1n) is 8.96. The SMILES string of the molecule is CCOc1cc(/C=C2/SC(=S)N(c3cccc(SC)c3)C2=O)ccc1OCC(=O)O. The minimum Gasteiger partial charge on any atom is -0.490 e. The number of aliphatic carboxylic acids is 1. The van der Waals surface area contributed by atoms with Gasteiger partial charge in [-0.1, -0.05) is 36.1 Å². The summed E-state index contributed by atoms with van der Waals surface area (Å²) in [6.45, 7) is 1.75. The summed E-state index contributed by atoms with van der Waals surface area (Å²) < 4.78 is 11.3. The second kappa shape index (κ2) is 10.0. The van der Waals surface area contributed by atoms with Gasteiger partial charge in [-0.2, -0.15) is 0 Å². The molecule has 0 saturated carbocycles. The molecule has 0 radical (unpaired) electrons. The van der Waals surface area contributed by atoms with Crippen molar-refractivity contribution >= 4 is 63.7 Å². The zero-order valence-electron chi connectivity index (χ0n) is 16.3. The molecule has 1 saturated heterocycles. The number of carbonyl (C=O) groups excluding carboxylic acids is 1. The predicted molar refractivity (Wildman–Crippen MR) is 125 cm³/mol. The van der Waals surface area contributed by atoms with Gasteiger partial charge in [-0.3, -0.25) is 9.69 Å². The summed E-state index contributed by atoms with van der Waals surface area (Å²) in [6, 6.07) is 12.7. The topological polar surface area (TPSA) is 76.1 Å². The van der Waals surface area contributed by atoms with Crippen molar-refractivity contribution in [1.82, 2.24) is 0 Å². The minimum absolute atomic E-state index is 0.188. The van der Waals surface area contributed by atoms with Gasteiger partial charge in [0.1, 0.15) is 0 Å². The van der Waals surface area contributed by atoms with Crippen LogP contribution < -0.4 is 14.4 Å². The van der Waals surface area contributed by atoms with E-state index in [9.17, 15) is 9.59 Å². The fourth-order valence-corrected chi connectivity index (χ4v) is 4.48. The number of nitrogens with zero attached hydrogens (tertiary/aromatic N) is 1. The summed E-state index contributed by atoms with van der Waals surface area (Å²) in [6.07, 6.45) is 3.71. The number of amides is 1. The van der Waals surface area contributed by atoms with E-state index in [1.165, 1.54) is 16.7 Å². The lowest BCUT2D eigenvalue weighted by Crippen LogP contribution is -2.27. The van der Waals surface area contributed by atoms with Gasteiger partial charge in [0, 0.05) is 4.90 Å². The maximum absolute atomic E-state index is 13.0. The van der Waals surface area contributed by atoms with Gasteiger partial charge in [-0.05, 0) is 55.2 Å². The summed E-state index contributed by atoms with van der Waals surface area (Å²) >= 11 is 8.27. The Morgan fingerprint density at radius 1 is 1.23 bits per heavy atom. The van der Waals surface area contributed by atoms with Gasteiger partial charge in [-0.25, -0.2) is 4.79 Å². The molecule has 0 spiro atoms. The highest BCUT2D eigenvalue weighted by Gasteiger charge is 2.33. The average molecular weight is 462 g/mol. The van der Waals surface area contributed by atoms with Gasteiger partial charge in [0.2, 0.25) is 0 Å². The zero-order chi connectivity index (χ0) is 21.7. The van der Waals surface area contributed by atoms with Crippen molar-refractivity contribution in [2.24, 2.45) is 0 Å². The van der Waals surface area contributed by atoms with Crippen LogP contribution in [0.4, 0.5) is 5.69 Å². The molecule has 9 heteroatoms. The van der Waals surface area contributed by atoms with E-state index in [-0.39, 0.29) is 5.91 Å². The molecule has 30 heavy (non-hydrogen) atoms. The maximum atomic E-state index is 13.0. The lowest BCUT2D eigenvalue weighted by Gasteiger charge is -2.15. The molecule has 2 aromatic carbocycles. The standard InChI is InChI=1S/C21H19NO5S3/c1-3-26-17-9-13(7-8-16(17)27-12-19(23)24)10-18-20(25)22(21(28)30-18)14-5-4-6-15(11-14)29-2/h4-11H,3,12H2,1-2H3,(H,23,24)/b18-10+. The van der Waals surface area contributed by atoms with Gasteiger partial charge in [0.05, 0.1) is 17.2 Å². The Morgan fingerprint density at radius 2 is 2.03 bits per heavy atom. The summed E-state index contributed by atoms with van der Waals surface area (Å²) in [5, 5.41) is 8.81. The normalized spacial score (nSPS) is 15.0. The number of anilines is 1. The van der Waals surface area contributed by atoms with Crippen LogP contribution in [0, 0.1) is 0 Å². The van der Waals surface area contributed by atoms with Crippen LogP contribution in [0.15, 0.2) is 52.3 Å². The van der Waals surface area contributed by atoms with Gasteiger partial charge in [0.15, 0.2) is 22.4 Å². The Balaban J connectivity index is 1.87. The number of hydrogen-bond donors (Lipinski definition) is 1. The molecule has 1 amide bonds. The lowest BCUT2D eigenvalue weighted by molar-refractivity contribution is -0.139. The summed E-state index contributed by atoms with van der Waals surface area (Å²) in [5.74, 6) is -0.517. The summed E-state index contributed by atoms with van der Waals surface area (Å²) in [5.41, 5.74) is 1.46. The van der Waals surface area contributed by atoms with Crippen LogP contribution in [0.1, 0.15) is 12.5 Å². The molecule has 0 aliphatic carbocycles. The van der Waals surface area contributed by atoms with E-state index in [2.05, 4.69) is 0 Å². The van der Waals surface area contributed by atoms with Gasteiger partial charge >= 0.3 is 5.97 Å². The largest absolute Gasteiger partial charge is 0.490 e. The predicted octanol–water partition coefficient (Wildman–Crippen LogP) is 4.68. The average Bonchev–Trinajstić information content (AvgIpc) is 3.00. The maximum Gasteiger partial charge on any atom is 0.341 e. The van der Waals surface area contributed by atoms with Crippen LogP contribution >= 0.6 is 35.7 Å². The third kappa shape index (κ3) is 5.16. The van der Waals surface area contributed by atoms with E-state index in [4.69, 9.17) is 26.8 Å². The first-order chi connectivity index (χ1) is 14.4. The van der Waals surface area contributed by atoms with Crippen molar-refractivity contribution in [3.63, 3.8) is 0 Å². The number of carboxylic acids is 1. The molecule has 2 aromatic rings. The molecule has 1 aliphatic heterocycles. The van der Waals surface area contributed by atoms with Crippen LogP contribution in [-0.4, -0.2) is 40.8 Å². The third-order valence-electron chi connectivity index (χ3n) is 4.02. The molecule has 6 nitrogen and oxygen atoms in total. The van der Waals surface area contributed by atoms with Crippen LogP contribution in [0.25, 0.3) is 6.08 Å². The number of thioether (sulfide) groups is 2. The van der Waals surface area contributed by atoms with Crippen molar-refractivity contribution in [3.8, 4) is 11.5 Å². The molecule has 0 atom stereocenters. The first-order valence-corrected chi connectivity index (χ1v) is 11.4.